The number of rotatable bonds is 7. The molecule has 1 heterocycles. The lowest BCUT2D eigenvalue weighted by atomic mass is 9.86. The maximum atomic E-state index is 15.2. The van der Waals surface area contributed by atoms with E-state index in [1.54, 1.807) is 12.3 Å². The van der Waals surface area contributed by atoms with Gasteiger partial charge >= 0.3 is 0 Å². The van der Waals surface area contributed by atoms with Crippen LogP contribution < -0.4 is 10.6 Å². The summed E-state index contributed by atoms with van der Waals surface area (Å²) in [5.74, 6) is -0.811. The molecule has 200 valence electrons. The molecule has 8 heteroatoms. The van der Waals surface area contributed by atoms with Gasteiger partial charge in [0.05, 0.1) is 17.5 Å². The molecule has 0 aliphatic heterocycles. The van der Waals surface area contributed by atoms with Gasteiger partial charge in [-0.05, 0) is 49.6 Å². The summed E-state index contributed by atoms with van der Waals surface area (Å²) in [7, 11) is 0. The first-order valence-electron chi connectivity index (χ1n) is 13.0. The van der Waals surface area contributed by atoms with Gasteiger partial charge in [0.25, 0.3) is 5.91 Å². The average molecular weight is 535 g/mol. The zero-order valence-electron chi connectivity index (χ0n) is 22.4. The summed E-state index contributed by atoms with van der Waals surface area (Å²) in [5.41, 5.74) is 1.94. The lowest BCUT2D eigenvalue weighted by molar-refractivity contribution is -0.123. The summed E-state index contributed by atoms with van der Waals surface area (Å²) < 4.78 is 15.2. The molecular formula is C30H35FN4O2S. The molecule has 2 amide bonds. The first kappa shape index (κ1) is 27.8. The lowest BCUT2D eigenvalue weighted by Crippen LogP contribution is -2.28. The van der Waals surface area contributed by atoms with E-state index < -0.39 is 17.1 Å². The fourth-order valence-electron chi connectivity index (χ4n) is 4.50. The van der Waals surface area contributed by atoms with Crippen molar-refractivity contribution in [2.24, 2.45) is 5.41 Å². The SMILES string of the molecule is CS[C@H]1CC[C@H](c2cnc(NC(=O)C(C)(C)C)c(-c3ccc(C(=O)NCc4ccccc4)c(F)c3)n2)CC1. The van der Waals surface area contributed by atoms with Crippen LogP contribution in [0.25, 0.3) is 11.3 Å². The second kappa shape index (κ2) is 12.1. The van der Waals surface area contributed by atoms with E-state index in [2.05, 4.69) is 21.9 Å². The molecule has 1 aliphatic rings. The topological polar surface area (TPSA) is 84.0 Å². The number of thioether (sulfide) groups is 1. The second-order valence-corrected chi connectivity index (χ2v) is 11.9. The van der Waals surface area contributed by atoms with Crippen LogP contribution in [-0.4, -0.2) is 33.3 Å². The van der Waals surface area contributed by atoms with Crippen LogP contribution in [-0.2, 0) is 11.3 Å². The minimum atomic E-state index is -0.658. The summed E-state index contributed by atoms with van der Waals surface area (Å²) in [6, 6.07) is 13.9. The molecule has 3 aromatic rings. The summed E-state index contributed by atoms with van der Waals surface area (Å²) in [5, 5.41) is 6.30. The molecule has 2 aromatic carbocycles. The van der Waals surface area contributed by atoms with Crippen molar-refractivity contribution in [1.29, 1.82) is 0 Å². The van der Waals surface area contributed by atoms with E-state index in [0.717, 1.165) is 36.9 Å². The highest BCUT2D eigenvalue weighted by atomic mass is 32.2. The smallest absolute Gasteiger partial charge is 0.254 e. The molecule has 0 saturated heterocycles. The molecule has 1 fully saturated rings. The van der Waals surface area contributed by atoms with Gasteiger partial charge in [-0.1, -0.05) is 57.2 Å². The largest absolute Gasteiger partial charge is 0.348 e. The van der Waals surface area contributed by atoms with Gasteiger partial charge in [-0.15, -0.1) is 0 Å². The van der Waals surface area contributed by atoms with E-state index in [1.165, 1.54) is 12.1 Å². The van der Waals surface area contributed by atoms with Gasteiger partial charge in [-0.25, -0.2) is 14.4 Å². The van der Waals surface area contributed by atoms with Crippen molar-refractivity contribution in [1.82, 2.24) is 15.3 Å². The molecule has 1 saturated carbocycles. The van der Waals surface area contributed by atoms with E-state index in [0.29, 0.717) is 23.1 Å². The number of benzene rings is 2. The first-order chi connectivity index (χ1) is 18.2. The highest BCUT2D eigenvalue weighted by molar-refractivity contribution is 7.99. The molecule has 0 bridgehead atoms. The van der Waals surface area contributed by atoms with Gasteiger partial charge < -0.3 is 10.6 Å². The molecule has 0 spiro atoms. The van der Waals surface area contributed by atoms with E-state index in [4.69, 9.17) is 4.98 Å². The Bertz CT molecular complexity index is 1290. The first-order valence-corrected chi connectivity index (χ1v) is 14.3. The number of aromatic nitrogens is 2. The van der Waals surface area contributed by atoms with Crippen LogP contribution >= 0.6 is 11.8 Å². The third kappa shape index (κ3) is 6.78. The third-order valence-electron chi connectivity index (χ3n) is 6.91. The molecule has 2 N–H and O–H groups in total. The molecule has 38 heavy (non-hydrogen) atoms. The Kier molecular flexibility index (Phi) is 8.82. The summed E-state index contributed by atoms with van der Waals surface area (Å²) in [6.07, 6.45) is 8.15. The Balaban J connectivity index is 1.61. The fourth-order valence-corrected chi connectivity index (χ4v) is 5.25. The van der Waals surface area contributed by atoms with Crippen LogP contribution in [0.15, 0.2) is 54.7 Å². The number of carbonyl (C=O) groups is 2. The Morgan fingerprint density at radius 3 is 2.39 bits per heavy atom. The highest BCUT2D eigenvalue weighted by Crippen LogP contribution is 2.37. The summed E-state index contributed by atoms with van der Waals surface area (Å²) >= 11 is 1.90. The minimum absolute atomic E-state index is 0.0514. The minimum Gasteiger partial charge on any atom is -0.348 e. The molecule has 6 nitrogen and oxygen atoms in total. The predicted octanol–water partition coefficient (Wildman–Crippen LogP) is 6.59. The van der Waals surface area contributed by atoms with Crippen molar-refractivity contribution < 1.29 is 14.0 Å². The molecule has 1 aromatic heterocycles. The van der Waals surface area contributed by atoms with Gasteiger partial charge in [-0.3, -0.25) is 9.59 Å². The number of nitrogens with zero attached hydrogens (tertiary/aromatic N) is 2. The van der Waals surface area contributed by atoms with Gasteiger partial charge in [-0.2, -0.15) is 11.8 Å². The molecule has 0 atom stereocenters. The number of carbonyl (C=O) groups excluding carboxylic acids is 2. The maximum absolute atomic E-state index is 15.2. The normalized spacial score (nSPS) is 17.6. The average Bonchev–Trinajstić information content (AvgIpc) is 2.92. The predicted molar refractivity (Wildman–Crippen MR) is 152 cm³/mol. The lowest BCUT2D eigenvalue weighted by Gasteiger charge is -2.27. The van der Waals surface area contributed by atoms with Crippen molar-refractivity contribution in [3.63, 3.8) is 0 Å². The quantitative estimate of drug-likeness (QED) is 0.357. The zero-order chi connectivity index (χ0) is 27.3. The zero-order valence-corrected chi connectivity index (χ0v) is 23.2. The van der Waals surface area contributed by atoms with E-state index in [1.807, 2.05) is 62.9 Å². The maximum Gasteiger partial charge on any atom is 0.254 e. The van der Waals surface area contributed by atoms with Crippen LogP contribution in [0, 0.1) is 11.2 Å². The third-order valence-corrected chi connectivity index (χ3v) is 8.05. The van der Waals surface area contributed by atoms with Crippen LogP contribution in [0.3, 0.4) is 0 Å². The van der Waals surface area contributed by atoms with Gasteiger partial charge in [0, 0.05) is 28.7 Å². The Labute approximate surface area is 228 Å². The molecular weight excluding hydrogens is 499 g/mol. The summed E-state index contributed by atoms with van der Waals surface area (Å²) in [4.78, 5) is 34.9. The van der Waals surface area contributed by atoms with Crippen LogP contribution in [0.5, 0.6) is 0 Å². The number of anilines is 1. The number of hydrogen-bond acceptors (Lipinski definition) is 5. The summed E-state index contributed by atoms with van der Waals surface area (Å²) in [6.45, 7) is 5.75. The van der Waals surface area contributed by atoms with Gasteiger partial charge in [0.15, 0.2) is 5.82 Å². The Morgan fingerprint density at radius 2 is 1.76 bits per heavy atom. The number of halogens is 1. The molecule has 0 radical (unpaired) electrons. The van der Waals surface area contributed by atoms with Crippen molar-refractivity contribution in [2.45, 2.75) is 64.2 Å². The van der Waals surface area contributed by atoms with E-state index in [-0.39, 0.29) is 23.2 Å². The highest BCUT2D eigenvalue weighted by Gasteiger charge is 2.27. The van der Waals surface area contributed by atoms with Crippen molar-refractivity contribution >= 4 is 29.4 Å². The molecule has 4 rings (SSSR count). The fraction of sp³-hybridized carbons (Fsp3) is 0.400. The van der Waals surface area contributed by atoms with E-state index in [9.17, 15) is 9.59 Å². The molecule has 1 aliphatic carbocycles. The van der Waals surface area contributed by atoms with Crippen molar-refractivity contribution in [2.75, 3.05) is 11.6 Å². The van der Waals surface area contributed by atoms with Crippen LogP contribution in [0.2, 0.25) is 0 Å². The standard InChI is InChI=1S/C30H35FN4O2S/c1-30(2,3)29(37)35-27-26(34-25(18-32-27)20-10-13-22(38-4)14-11-20)21-12-15-23(24(31)16-21)28(36)33-17-19-8-6-5-7-9-19/h5-9,12,15-16,18,20,22H,10-11,13-14,17H2,1-4H3,(H,33,36)(H,32,35,37)/t20-,22-. The van der Waals surface area contributed by atoms with Crippen molar-refractivity contribution in [3.05, 3.63) is 77.4 Å². The Morgan fingerprint density at radius 1 is 1.05 bits per heavy atom. The number of hydrogen-bond donors (Lipinski definition) is 2. The number of nitrogens with one attached hydrogen (secondary N) is 2. The Hall–Kier alpha value is -3.26. The van der Waals surface area contributed by atoms with Crippen LogP contribution in [0.1, 0.15) is 74.0 Å². The van der Waals surface area contributed by atoms with Gasteiger partial charge in [0.2, 0.25) is 5.91 Å². The molecule has 0 unspecified atom stereocenters. The van der Waals surface area contributed by atoms with Gasteiger partial charge in [0.1, 0.15) is 11.5 Å². The van der Waals surface area contributed by atoms with Crippen LogP contribution in [0.4, 0.5) is 10.2 Å². The van der Waals surface area contributed by atoms with Crippen molar-refractivity contribution in [3.8, 4) is 11.3 Å². The second-order valence-electron chi connectivity index (χ2n) is 10.8. The monoisotopic (exact) mass is 534 g/mol. The number of amides is 2. The van der Waals surface area contributed by atoms with E-state index >= 15 is 4.39 Å².